The van der Waals surface area contributed by atoms with E-state index in [9.17, 15) is 9.59 Å². The van der Waals surface area contributed by atoms with E-state index in [1.165, 1.54) is 17.4 Å². The minimum Gasteiger partial charge on any atom is -0.483 e. The molecule has 0 unspecified atom stereocenters. The standard InChI is InChI=1S/C21H27N3O3/c1-15-7-8-16(2)19(11-15)27-13-20(25)22-9-10-24-14-23-18(12-21(24)26)17-5-3-4-6-17/h7-8,11-12,14,17H,3-6,9-10,13H2,1-2H3,(H,22,25). The highest BCUT2D eigenvalue weighted by Crippen LogP contribution is 2.32. The number of carbonyl (C=O) groups excluding carboxylic acids is 1. The number of rotatable bonds is 7. The molecule has 0 radical (unpaired) electrons. The van der Waals surface area contributed by atoms with Crippen LogP contribution in [0.1, 0.15) is 48.4 Å². The summed E-state index contributed by atoms with van der Waals surface area (Å²) in [5.74, 6) is 0.932. The van der Waals surface area contributed by atoms with E-state index in [0.29, 0.717) is 24.8 Å². The number of aromatic nitrogens is 2. The fourth-order valence-corrected chi connectivity index (χ4v) is 3.43. The summed E-state index contributed by atoms with van der Waals surface area (Å²) in [5.41, 5.74) is 2.92. The van der Waals surface area contributed by atoms with Gasteiger partial charge < -0.3 is 10.1 Å². The van der Waals surface area contributed by atoms with Crippen LogP contribution in [0, 0.1) is 13.8 Å². The van der Waals surface area contributed by atoms with Gasteiger partial charge in [-0.05, 0) is 43.9 Å². The summed E-state index contributed by atoms with van der Waals surface area (Å²) >= 11 is 0. The molecule has 1 N–H and O–H groups in total. The molecule has 3 rings (SSSR count). The Morgan fingerprint density at radius 2 is 2.04 bits per heavy atom. The van der Waals surface area contributed by atoms with E-state index in [1.54, 1.807) is 12.4 Å². The van der Waals surface area contributed by atoms with Crippen LogP contribution in [0.5, 0.6) is 5.75 Å². The Morgan fingerprint density at radius 1 is 1.26 bits per heavy atom. The van der Waals surface area contributed by atoms with E-state index in [-0.39, 0.29) is 18.1 Å². The first kappa shape index (κ1) is 19.1. The fraction of sp³-hybridized carbons (Fsp3) is 0.476. The van der Waals surface area contributed by atoms with Gasteiger partial charge in [0.25, 0.3) is 11.5 Å². The number of amides is 1. The van der Waals surface area contributed by atoms with Crippen LogP contribution >= 0.6 is 0 Å². The Hall–Kier alpha value is -2.63. The number of ether oxygens (including phenoxy) is 1. The number of nitrogens with one attached hydrogen (secondary N) is 1. The molecule has 6 heteroatoms. The lowest BCUT2D eigenvalue weighted by Gasteiger charge is -2.12. The number of hydrogen-bond donors (Lipinski definition) is 1. The summed E-state index contributed by atoms with van der Waals surface area (Å²) in [5, 5.41) is 2.78. The van der Waals surface area contributed by atoms with Crippen LogP contribution < -0.4 is 15.6 Å². The van der Waals surface area contributed by atoms with Crippen molar-refractivity contribution in [2.75, 3.05) is 13.2 Å². The first-order chi connectivity index (χ1) is 13.0. The van der Waals surface area contributed by atoms with Gasteiger partial charge in [0.15, 0.2) is 6.61 Å². The van der Waals surface area contributed by atoms with Crippen LogP contribution in [0.25, 0.3) is 0 Å². The van der Waals surface area contributed by atoms with Crippen molar-refractivity contribution < 1.29 is 9.53 Å². The quantitative estimate of drug-likeness (QED) is 0.814. The zero-order valence-corrected chi connectivity index (χ0v) is 16.0. The van der Waals surface area contributed by atoms with E-state index < -0.39 is 0 Å². The summed E-state index contributed by atoms with van der Waals surface area (Å²) in [6.45, 7) is 4.64. The maximum Gasteiger partial charge on any atom is 0.258 e. The molecule has 0 bridgehead atoms. The zero-order chi connectivity index (χ0) is 19.2. The predicted octanol–water partition coefficient (Wildman–Crippen LogP) is 2.71. The summed E-state index contributed by atoms with van der Waals surface area (Å²) in [4.78, 5) is 28.7. The summed E-state index contributed by atoms with van der Waals surface area (Å²) in [7, 11) is 0. The summed E-state index contributed by atoms with van der Waals surface area (Å²) < 4.78 is 7.12. The lowest BCUT2D eigenvalue weighted by atomic mass is 10.0. The van der Waals surface area contributed by atoms with Crippen LogP contribution in [0.4, 0.5) is 0 Å². The molecular formula is C21H27N3O3. The SMILES string of the molecule is Cc1ccc(C)c(OCC(=O)NCCn2cnc(C3CCCC3)cc2=O)c1. The van der Waals surface area contributed by atoms with Crippen molar-refractivity contribution in [2.24, 2.45) is 0 Å². The average Bonchev–Trinajstić information content (AvgIpc) is 3.18. The van der Waals surface area contributed by atoms with Gasteiger partial charge in [-0.3, -0.25) is 14.2 Å². The second-order valence-corrected chi connectivity index (χ2v) is 7.23. The largest absolute Gasteiger partial charge is 0.483 e. The van der Waals surface area contributed by atoms with Crippen LogP contribution in [0.15, 0.2) is 35.4 Å². The lowest BCUT2D eigenvalue weighted by Crippen LogP contribution is -2.34. The van der Waals surface area contributed by atoms with Crippen molar-refractivity contribution in [3.05, 3.63) is 57.8 Å². The maximum absolute atomic E-state index is 12.2. The first-order valence-corrected chi connectivity index (χ1v) is 9.56. The van der Waals surface area contributed by atoms with Gasteiger partial charge >= 0.3 is 0 Å². The highest BCUT2D eigenvalue weighted by molar-refractivity contribution is 5.77. The molecule has 1 aromatic heterocycles. The average molecular weight is 369 g/mol. The Labute approximate surface area is 159 Å². The van der Waals surface area contributed by atoms with Gasteiger partial charge in [-0.1, -0.05) is 25.0 Å². The maximum atomic E-state index is 12.2. The van der Waals surface area contributed by atoms with Crippen molar-refractivity contribution in [3.63, 3.8) is 0 Å². The number of carbonyl (C=O) groups is 1. The second-order valence-electron chi connectivity index (χ2n) is 7.23. The van der Waals surface area contributed by atoms with Gasteiger partial charge in [0.1, 0.15) is 5.75 Å². The Balaban J connectivity index is 1.45. The molecule has 27 heavy (non-hydrogen) atoms. The number of nitrogens with zero attached hydrogens (tertiary/aromatic N) is 2. The van der Waals surface area contributed by atoms with E-state index in [1.807, 2.05) is 32.0 Å². The highest BCUT2D eigenvalue weighted by Gasteiger charge is 2.18. The van der Waals surface area contributed by atoms with Gasteiger partial charge in [0.05, 0.1) is 12.0 Å². The Bertz CT molecular complexity index is 854. The molecule has 0 aliphatic heterocycles. The molecule has 0 saturated heterocycles. The van der Waals surface area contributed by atoms with Crippen LogP contribution in [-0.2, 0) is 11.3 Å². The monoisotopic (exact) mass is 369 g/mol. The lowest BCUT2D eigenvalue weighted by molar-refractivity contribution is -0.123. The highest BCUT2D eigenvalue weighted by atomic mass is 16.5. The van der Waals surface area contributed by atoms with E-state index in [0.717, 1.165) is 29.7 Å². The van der Waals surface area contributed by atoms with Gasteiger partial charge in [0.2, 0.25) is 0 Å². The Kier molecular flexibility index (Phi) is 6.27. The normalized spacial score (nSPS) is 14.3. The van der Waals surface area contributed by atoms with Crippen molar-refractivity contribution in [2.45, 2.75) is 52.0 Å². The predicted molar refractivity (Wildman–Crippen MR) is 104 cm³/mol. The fourth-order valence-electron chi connectivity index (χ4n) is 3.43. The number of benzene rings is 1. The molecule has 1 fully saturated rings. The molecule has 1 saturated carbocycles. The molecule has 1 aliphatic carbocycles. The van der Waals surface area contributed by atoms with Crippen molar-refractivity contribution >= 4 is 5.91 Å². The summed E-state index contributed by atoms with van der Waals surface area (Å²) in [6, 6.07) is 7.53. The van der Waals surface area contributed by atoms with Gasteiger partial charge in [-0.2, -0.15) is 0 Å². The molecule has 144 valence electrons. The van der Waals surface area contributed by atoms with Crippen LogP contribution in [-0.4, -0.2) is 28.6 Å². The van der Waals surface area contributed by atoms with Crippen molar-refractivity contribution in [3.8, 4) is 5.75 Å². The van der Waals surface area contributed by atoms with E-state index in [2.05, 4.69) is 10.3 Å². The molecule has 1 aliphatic rings. The first-order valence-electron chi connectivity index (χ1n) is 9.56. The van der Waals surface area contributed by atoms with Gasteiger partial charge in [-0.15, -0.1) is 0 Å². The molecule has 1 amide bonds. The minimum absolute atomic E-state index is 0.0436. The third-order valence-electron chi connectivity index (χ3n) is 5.05. The molecule has 2 aromatic rings. The molecule has 1 aromatic carbocycles. The van der Waals surface area contributed by atoms with Crippen molar-refractivity contribution in [1.82, 2.24) is 14.9 Å². The molecular weight excluding hydrogens is 342 g/mol. The molecule has 6 nitrogen and oxygen atoms in total. The topological polar surface area (TPSA) is 73.2 Å². The van der Waals surface area contributed by atoms with Crippen LogP contribution in [0.2, 0.25) is 0 Å². The third-order valence-corrected chi connectivity index (χ3v) is 5.05. The third kappa shape index (κ3) is 5.18. The number of aryl methyl sites for hydroxylation is 2. The van der Waals surface area contributed by atoms with Crippen LogP contribution in [0.3, 0.4) is 0 Å². The van der Waals surface area contributed by atoms with Gasteiger partial charge in [0, 0.05) is 25.1 Å². The van der Waals surface area contributed by atoms with Gasteiger partial charge in [-0.25, -0.2) is 4.98 Å². The zero-order valence-electron chi connectivity index (χ0n) is 16.0. The second kappa shape index (κ2) is 8.84. The number of hydrogen-bond acceptors (Lipinski definition) is 4. The smallest absolute Gasteiger partial charge is 0.258 e. The molecule has 0 atom stereocenters. The van der Waals surface area contributed by atoms with E-state index >= 15 is 0 Å². The van der Waals surface area contributed by atoms with E-state index in [4.69, 9.17) is 4.74 Å². The summed E-state index contributed by atoms with van der Waals surface area (Å²) in [6.07, 6.45) is 6.26. The minimum atomic E-state index is -0.209. The molecule has 0 spiro atoms. The van der Waals surface area contributed by atoms with Crippen molar-refractivity contribution in [1.29, 1.82) is 0 Å². The Morgan fingerprint density at radius 3 is 2.78 bits per heavy atom. The molecule has 1 heterocycles.